The Morgan fingerprint density at radius 1 is 1.67 bits per heavy atom. The molecule has 2 rings (SSSR count). The molecular weight excluding hydrogens is 237 g/mol. The molecule has 2 N–H and O–H groups in total. The van der Waals surface area contributed by atoms with Crippen LogP contribution in [-0.2, 0) is 6.42 Å². The van der Waals surface area contributed by atoms with E-state index in [1.165, 1.54) is 13.5 Å². The van der Waals surface area contributed by atoms with Crippen molar-refractivity contribution in [2.75, 3.05) is 5.73 Å². The van der Waals surface area contributed by atoms with Crippen LogP contribution < -0.4 is 5.73 Å². The molecule has 0 saturated carbocycles. The van der Waals surface area contributed by atoms with Gasteiger partial charge in [-0.25, -0.2) is 9.97 Å². The number of nitrogens with two attached hydrogens (primary N) is 1. The first kappa shape index (κ1) is 7.93. The summed E-state index contributed by atoms with van der Waals surface area (Å²) in [7, 11) is 1.21. The Labute approximate surface area is 79.7 Å². The average Bonchev–Trinajstić information content (AvgIpc) is 2.81. The highest BCUT2D eigenvalue weighted by molar-refractivity contribution is 9.10. The van der Waals surface area contributed by atoms with E-state index in [1.807, 2.05) is 0 Å². The van der Waals surface area contributed by atoms with Gasteiger partial charge in [0.25, 0.3) is 0 Å². The zero-order valence-corrected chi connectivity index (χ0v) is 8.56. The van der Waals surface area contributed by atoms with Crippen molar-refractivity contribution in [3.63, 3.8) is 0 Å². The van der Waals surface area contributed by atoms with Gasteiger partial charge in [-0.3, -0.25) is 0 Å². The Kier molecular flexibility index (Phi) is 1.97. The van der Waals surface area contributed by atoms with E-state index in [4.69, 9.17) is 5.73 Å². The van der Waals surface area contributed by atoms with Crippen LogP contribution in [0, 0.1) is 0 Å². The predicted molar refractivity (Wildman–Crippen MR) is 53.3 cm³/mol. The average molecular weight is 242 g/mol. The molecule has 12 heavy (non-hydrogen) atoms. The van der Waals surface area contributed by atoms with Crippen molar-refractivity contribution in [2.45, 2.75) is 6.42 Å². The summed E-state index contributed by atoms with van der Waals surface area (Å²) in [6.07, 6.45) is 2.54. The first-order chi connectivity index (χ1) is 5.75. The third kappa shape index (κ3) is 1.72. The van der Waals surface area contributed by atoms with E-state index in [9.17, 15) is 0 Å². The molecule has 1 aliphatic rings. The van der Waals surface area contributed by atoms with Gasteiger partial charge in [-0.05, 0) is 24.1 Å². The number of hydrogen-bond donors (Lipinski definition) is 1. The smallest absolute Gasteiger partial charge is 0.156 e. The van der Waals surface area contributed by atoms with E-state index in [1.54, 1.807) is 6.20 Å². The van der Waals surface area contributed by atoms with Crippen molar-refractivity contribution < 1.29 is 0 Å². The molecule has 0 atom stereocenters. The fraction of sp³-hybridized carbons (Fsp3) is 0.143. The molecule has 0 aliphatic carbocycles. The third-order valence-corrected chi connectivity index (χ3v) is 2.71. The lowest BCUT2D eigenvalue weighted by molar-refractivity contribution is 1.04. The van der Waals surface area contributed by atoms with Gasteiger partial charge in [-0.15, -0.1) is 0 Å². The minimum absolute atomic E-state index is 0.435. The lowest BCUT2D eigenvalue weighted by atomic mass is 10.3. The van der Waals surface area contributed by atoms with Crippen LogP contribution in [0.25, 0.3) is 0 Å². The molecule has 1 aromatic heterocycles. The number of halogens is 1. The molecule has 0 fully saturated rings. The third-order valence-electron chi connectivity index (χ3n) is 1.42. The molecule has 5 heteroatoms. The van der Waals surface area contributed by atoms with Gasteiger partial charge in [-0.2, -0.15) is 0 Å². The molecule has 1 aliphatic heterocycles. The van der Waals surface area contributed by atoms with Crippen LogP contribution in [0.4, 0.5) is 5.82 Å². The first-order valence-corrected chi connectivity index (χ1v) is 5.04. The maximum atomic E-state index is 5.49. The van der Waals surface area contributed by atoms with E-state index in [0.29, 0.717) is 10.4 Å². The molecule has 0 unspecified atom stereocenters. The molecule has 60 valence electrons. The minimum Gasteiger partial charge on any atom is -0.381 e. The number of hydrogen-bond acceptors (Lipinski definition) is 3. The Morgan fingerprint density at radius 2 is 2.42 bits per heavy atom. The zero-order valence-electron chi connectivity index (χ0n) is 6.08. The Balaban J connectivity index is 2.21. The van der Waals surface area contributed by atoms with Gasteiger partial charge in [0, 0.05) is 11.7 Å². The van der Waals surface area contributed by atoms with Crippen molar-refractivity contribution >= 4 is 35.4 Å². The first-order valence-electron chi connectivity index (χ1n) is 3.35. The molecule has 0 saturated heterocycles. The standard InChI is InChI=1S/C7H5BrN3P/c8-6-7(9)10-2-4(11-6)1-5-3-12-5/h2H,1H2,(H2,9,10). The summed E-state index contributed by atoms with van der Waals surface area (Å²) >= 11 is 3.23. The summed E-state index contributed by atoms with van der Waals surface area (Å²) in [4.78, 5) is 8.20. The molecule has 0 radical (unpaired) electrons. The van der Waals surface area contributed by atoms with E-state index in [0.717, 1.165) is 12.1 Å². The quantitative estimate of drug-likeness (QED) is 0.801. The second-order valence-electron chi connectivity index (χ2n) is 2.38. The van der Waals surface area contributed by atoms with Crippen LogP contribution in [0.15, 0.2) is 16.1 Å². The minimum atomic E-state index is 0.435. The fourth-order valence-corrected chi connectivity index (χ4v) is 1.51. The maximum Gasteiger partial charge on any atom is 0.156 e. The summed E-state index contributed by atoms with van der Waals surface area (Å²) < 4.78 is 0.623. The number of nitrogens with zero attached hydrogens (tertiary/aromatic N) is 2. The van der Waals surface area contributed by atoms with Gasteiger partial charge < -0.3 is 5.73 Å². The van der Waals surface area contributed by atoms with Crippen LogP contribution in [0.2, 0.25) is 0 Å². The molecule has 0 amide bonds. The molecule has 0 aromatic carbocycles. The van der Waals surface area contributed by atoms with Crippen LogP contribution in [-0.4, -0.2) is 15.4 Å². The number of rotatable bonds is 2. The highest BCUT2D eigenvalue weighted by Gasteiger charge is 2.06. The van der Waals surface area contributed by atoms with Gasteiger partial charge in [0.05, 0.1) is 11.9 Å². The van der Waals surface area contributed by atoms with Gasteiger partial charge in [-0.1, -0.05) is 5.45 Å². The van der Waals surface area contributed by atoms with E-state index < -0.39 is 0 Å². The summed E-state index contributed by atoms with van der Waals surface area (Å²) in [5, 5.41) is 1.28. The lowest BCUT2D eigenvalue weighted by Gasteiger charge is -1.98. The van der Waals surface area contributed by atoms with Gasteiger partial charge >= 0.3 is 0 Å². The second-order valence-corrected chi connectivity index (χ2v) is 4.12. The summed E-state index contributed by atoms with van der Waals surface area (Å²) in [5.41, 5.74) is 9.52. The van der Waals surface area contributed by atoms with Gasteiger partial charge in [0.1, 0.15) is 4.60 Å². The van der Waals surface area contributed by atoms with Crippen molar-refractivity contribution in [3.05, 3.63) is 21.8 Å². The number of aromatic nitrogens is 2. The predicted octanol–water partition coefficient (Wildman–Crippen LogP) is 1.61. The lowest BCUT2D eigenvalue weighted by Crippen LogP contribution is -1.97. The normalized spacial score (nSPS) is 14.2. The van der Waals surface area contributed by atoms with Crippen LogP contribution >= 0.6 is 24.1 Å². The van der Waals surface area contributed by atoms with Crippen LogP contribution in [0.3, 0.4) is 0 Å². The molecule has 0 bridgehead atoms. The molecule has 2 heterocycles. The van der Waals surface area contributed by atoms with Crippen molar-refractivity contribution in [1.29, 1.82) is 0 Å². The summed E-state index contributed by atoms with van der Waals surface area (Å²) in [5.74, 6) is 0.435. The number of allylic oxidation sites excluding steroid dienone is 1. The van der Waals surface area contributed by atoms with E-state index in [-0.39, 0.29) is 0 Å². The van der Waals surface area contributed by atoms with Crippen molar-refractivity contribution in [2.24, 2.45) is 0 Å². The summed E-state index contributed by atoms with van der Waals surface area (Å²) in [6, 6.07) is 0. The number of anilines is 1. The molecule has 0 spiro atoms. The Hall–Kier alpha value is -0.690. The van der Waals surface area contributed by atoms with E-state index in [2.05, 4.69) is 31.3 Å². The highest BCUT2D eigenvalue weighted by atomic mass is 79.9. The SMILES string of the molecule is Nc1ncc(CC2=C=P2)nc1Br. The second kappa shape index (κ2) is 2.98. The van der Waals surface area contributed by atoms with Crippen LogP contribution in [0.5, 0.6) is 0 Å². The fourth-order valence-electron chi connectivity index (χ4n) is 0.785. The zero-order chi connectivity index (χ0) is 8.55. The molecule has 1 aromatic rings. The molecular formula is C7H5BrN3P. The van der Waals surface area contributed by atoms with Crippen LogP contribution in [0.1, 0.15) is 5.69 Å². The molecule has 3 nitrogen and oxygen atoms in total. The topological polar surface area (TPSA) is 51.8 Å². The van der Waals surface area contributed by atoms with Crippen molar-refractivity contribution in [3.8, 4) is 0 Å². The monoisotopic (exact) mass is 241 g/mol. The highest BCUT2D eigenvalue weighted by Crippen LogP contribution is 2.25. The number of nitrogen functional groups attached to an aromatic ring is 1. The van der Waals surface area contributed by atoms with Crippen molar-refractivity contribution in [1.82, 2.24) is 9.97 Å². The Bertz CT molecular complexity index is 396. The Morgan fingerprint density at radius 3 is 3.00 bits per heavy atom. The van der Waals surface area contributed by atoms with Gasteiger partial charge in [0.2, 0.25) is 0 Å². The maximum absolute atomic E-state index is 5.49. The van der Waals surface area contributed by atoms with Gasteiger partial charge in [0.15, 0.2) is 5.82 Å². The van der Waals surface area contributed by atoms with E-state index >= 15 is 0 Å². The summed E-state index contributed by atoms with van der Waals surface area (Å²) in [6.45, 7) is 0. The largest absolute Gasteiger partial charge is 0.381 e.